The lowest BCUT2D eigenvalue weighted by Gasteiger charge is -2.16. The van der Waals surface area contributed by atoms with E-state index in [2.05, 4.69) is 10.1 Å². The fraction of sp³-hybridized carbons (Fsp3) is 0.286. The van der Waals surface area contributed by atoms with Gasteiger partial charge in [-0.05, 0) is 50.2 Å². The molecule has 6 heteroatoms. The molecule has 1 unspecified atom stereocenters. The first-order valence-electron chi connectivity index (χ1n) is 9.08. The Labute approximate surface area is 157 Å². The first-order valence-corrected chi connectivity index (χ1v) is 9.08. The van der Waals surface area contributed by atoms with Crippen LogP contribution in [0.15, 0.2) is 53.1 Å². The molecule has 3 aromatic rings. The fourth-order valence-electron chi connectivity index (χ4n) is 3.23. The summed E-state index contributed by atoms with van der Waals surface area (Å²) in [6.45, 7) is 5.16. The topological polar surface area (TPSA) is 68.5 Å². The monoisotopic (exact) mass is 363 g/mol. The molecule has 2 heterocycles. The van der Waals surface area contributed by atoms with E-state index >= 15 is 0 Å². The van der Waals surface area contributed by atoms with Crippen molar-refractivity contribution in [2.45, 2.75) is 26.2 Å². The van der Waals surface area contributed by atoms with Crippen LogP contribution >= 0.6 is 0 Å². The number of hydrogen-bond donors (Lipinski definition) is 0. The summed E-state index contributed by atoms with van der Waals surface area (Å²) in [5.74, 6) is 1.84. The van der Waals surface area contributed by atoms with Crippen LogP contribution in [0, 0.1) is 6.92 Å². The Morgan fingerprint density at radius 2 is 1.89 bits per heavy atom. The minimum atomic E-state index is -0.0704. The number of rotatable bonds is 5. The van der Waals surface area contributed by atoms with Crippen LogP contribution in [-0.2, 0) is 4.79 Å². The molecular formula is C21H21N3O3. The van der Waals surface area contributed by atoms with Crippen LogP contribution in [0.25, 0.3) is 11.5 Å². The quantitative estimate of drug-likeness (QED) is 0.686. The van der Waals surface area contributed by atoms with Gasteiger partial charge >= 0.3 is 0 Å². The molecule has 0 radical (unpaired) electrons. The van der Waals surface area contributed by atoms with Crippen molar-refractivity contribution in [3.63, 3.8) is 0 Å². The molecule has 1 amide bonds. The average Bonchev–Trinajstić information content (AvgIpc) is 3.30. The minimum Gasteiger partial charge on any atom is -0.494 e. The van der Waals surface area contributed by atoms with Crippen LogP contribution < -0.4 is 9.64 Å². The predicted octanol–water partition coefficient (Wildman–Crippen LogP) is 3.96. The average molecular weight is 363 g/mol. The molecule has 138 valence electrons. The van der Waals surface area contributed by atoms with Crippen molar-refractivity contribution in [2.75, 3.05) is 18.1 Å². The molecular weight excluding hydrogens is 342 g/mol. The van der Waals surface area contributed by atoms with Gasteiger partial charge in [0.1, 0.15) is 5.75 Å². The Balaban J connectivity index is 1.50. The van der Waals surface area contributed by atoms with Crippen LogP contribution in [-0.4, -0.2) is 29.2 Å². The van der Waals surface area contributed by atoms with E-state index in [0.717, 1.165) is 17.0 Å². The Hall–Kier alpha value is -3.15. The van der Waals surface area contributed by atoms with Gasteiger partial charge in [-0.2, -0.15) is 4.98 Å². The molecule has 4 rings (SSSR count). The second-order valence-corrected chi connectivity index (χ2v) is 6.66. The van der Waals surface area contributed by atoms with Gasteiger partial charge in [0.15, 0.2) is 5.82 Å². The van der Waals surface area contributed by atoms with Crippen LogP contribution in [0.5, 0.6) is 5.75 Å². The SMILES string of the molecule is CCOc1ccc(-c2nc(C3CC(=O)N(c4ccc(C)cc4)C3)no2)cc1. The lowest BCUT2D eigenvalue weighted by atomic mass is 10.1. The number of aryl methyl sites for hydroxylation is 1. The van der Waals surface area contributed by atoms with Gasteiger partial charge in [0.2, 0.25) is 5.91 Å². The molecule has 0 bridgehead atoms. The van der Waals surface area contributed by atoms with Crippen molar-refractivity contribution < 1.29 is 14.1 Å². The molecule has 1 aliphatic rings. The molecule has 1 atom stereocenters. The highest BCUT2D eigenvalue weighted by molar-refractivity contribution is 5.96. The maximum atomic E-state index is 12.4. The molecule has 1 aliphatic heterocycles. The number of benzene rings is 2. The van der Waals surface area contributed by atoms with Gasteiger partial charge < -0.3 is 14.2 Å². The summed E-state index contributed by atoms with van der Waals surface area (Å²) < 4.78 is 10.9. The molecule has 1 aromatic heterocycles. The first kappa shape index (κ1) is 17.3. The Morgan fingerprint density at radius 1 is 1.15 bits per heavy atom. The Kier molecular flexibility index (Phi) is 4.62. The smallest absolute Gasteiger partial charge is 0.257 e. The van der Waals surface area contributed by atoms with E-state index in [1.165, 1.54) is 5.56 Å². The van der Waals surface area contributed by atoms with Gasteiger partial charge in [0, 0.05) is 30.1 Å². The van der Waals surface area contributed by atoms with Gasteiger partial charge in [0.05, 0.1) is 6.61 Å². The zero-order valence-corrected chi connectivity index (χ0v) is 15.4. The van der Waals surface area contributed by atoms with E-state index < -0.39 is 0 Å². The highest BCUT2D eigenvalue weighted by Crippen LogP contribution is 2.31. The molecule has 1 fully saturated rings. The highest BCUT2D eigenvalue weighted by atomic mass is 16.5. The number of nitrogens with zero attached hydrogens (tertiary/aromatic N) is 3. The lowest BCUT2D eigenvalue weighted by Crippen LogP contribution is -2.24. The van der Waals surface area contributed by atoms with E-state index in [-0.39, 0.29) is 11.8 Å². The summed E-state index contributed by atoms with van der Waals surface area (Å²) in [5.41, 5.74) is 2.90. The second kappa shape index (κ2) is 7.23. The van der Waals surface area contributed by atoms with Gasteiger partial charge in [0.25, 0.3) is 5.89 Å². The Morgan fingerprint density at radius 3 is 2.59 bits per heavy atom. The van der Waals surface area contributed by atoms with Gasteiger partial charge in [-0.25, -0.2) is 0 Å². The van der Waals surface area contributed by atoms with E-state index in [9.17, 15) is 4.79 Å². The third-order valence-electron chi connectivity index (χ3n) is 4.69. The summed E-state index contributed by atoms with van der Waals surface area (Å²) in [6.07, 6.45) is 0.385. The number of carbonyl (C=O) groups excluding carboxylic acids is 1. The summed E-state index contributed by atoms with van der Waals surface area (Å²) in [6, 6.07) is 15.5. The van der Waals surface area contributed by atoms with E-state index in [1.807, 2.05) is 62.4 Å². The zero-order valence-electron chi connectivity index (χ0n) is 15.4. The molecule has 0 N–H and O–H groups in total. The lowest BCUT2D eigenvalue weighted by molar-refractivity contribution is -0.117. The third-order valence-corrected chi connectivity index (χ3v) is 4.69. The zero-order chi connectivity index (χ0) is 18.8. The van der Waals surface area contributed by atoms with E-state index in [4.69, 9.17) is 9.26 Å². The van der Waals surface area contributed by atoms with Crippen molar-refractivity contribution in [3.05, 3.63) is 59.9 Å². The standard InChI is InChI=1S/C21H21N3O3/c1-3-26-18-10-6-15(7-11-18)21-22-20(23-27-21)16-12-19(25)24(13-16)17-8-4-14(2)5-9-17/h4-11,16H,3,12-13H2,1-2H3. The summed E-state index contributed by atoms with van der Waals surface area (Å²) in [7, 11) is 0. The van der Waals surface area contributed by atoms with Crippen molar-refractivity contribution in [3.8, 4) is 17.2 Å². The fourth-order valence-corrected chi connectivity index (χ4v) is 3.23. The Bertz CT molecular complexity index is 932. The molecule has 27 heavy (non-hydrogen) atoms. The van der Waals surface area contributed by atoms with E-state index in [1.54, 1.807) is 4.90 Å². The number of hydrogen-bond acceptors (Lipinski definition) is 5. The number of carbonyl (C=O) groups is 1. The van der Waals surface area contributed by atoms with Crippen LogP contribution in [0.2, 0.25) is 0 Å². The normalized spacial score (nSPS) is 16.7. The summed E-state index contributed by atoms with van der Waals surface area (Å²) in [5, 5.41) is 4.11. The molecule has 2 aromatic carbocycles. The molecule has 0 aliphatic carbocycles. The van der Waals surface area contributed by atoms with Crippen molar-refractivity contribution in [2.24, 2.45) is 0 Å². The molecule has 0 saturated carbocycles. The number of amides is 1. The first-order chi connectivity index (χ1) is 13.1. The highest BCUT2D eigenvalue weighted by Gasteiger charge is 2.34. The van der Waals surface area contributed by atoms with Crippen LogP contribution in [0.4, 0.5) is 5.69 Å². The predicted molar refractivity (Wildman–Crippen MR) is 102 cm³/mol. The molecule has 0 spiro atoms. The van der Waals surface area contributed by atoms with Gasteiger partial charge in [-0.15, -0.1) is 0 Å². The number of anilines is 1. The molecule has 6 nitrogen and oxygen atoms in total. The van der Waals surface area contributed by atoms with Crippen molar-refractivity contribution in [1.82, 2.24) is 10.1 Å². The maximum Gasteiger partial charge on any atom is 0.257 e. The number of aromatic nitrogens is 2. The summed E-state index contributed by atoms with van der Waals surface area (Å²) >= 11 is 0. The molecule has 1 saturated heterocycles. The minimum absolute atomic E-state index is 0.0704. The van der Waals surface area contributed by atoms with Crippen LogP contribution in [0.3, 0.4) is 0 Å². The number of ether oxygens (including phenoxy) is 1. The van der Waals surface area contributed by atoms with Crippen molar-refractivity contribution in [1.29, 1.82) is 0 Å². The largest absolute Gasteiger partial charge is 0.494 e. The third kappa shape index (κ3) is 3.56. The van der Waals surface area contributed by atoms with Crippen molar-refractivity contribution >= 4 is 11.6 Å². The van der Waals surface area contributed by atoms with Gasteiger partial charge in [-0.1, -0.05) is 22.9 Å². The van der Waals surface area contributed by atoms with E-state index in [0.29, 0.717) is 31.3 Å². The second-order valence-electron chi connectivity index (χ2n) is 6.66. The van der Waals surface area contributed by atoms with Crippen LogP contribution in [0.1, 0.15) is 30.7 Å². The van der Waals surface area contributed by atoms with Gasteiger partial charge in [-0.3, -0.25) is 4.79 Å². The maximum absolute atomic E-state index is 12.4. The summed E-state index contributed by atoms with van der Waals surface area (Å²) in [4.78, 5) is 18.8.